The summed E-state index contributed by atoms with van der Waals surface area (Å²) in [7, 11) is 0. The molecule has 0 aromatic heterocycles. The summed E-state index contributed by atoms with van der Waals surface area (Å²) in [5.74, 6) is -0.0960. The summed E-state index contributed by atoms with van der Waals surface area (Å²) in [6.45, 7) is 1.97. The van der Waals surface area contributed by atoms with E-state index in [1.165, 1.54) is 0 Å². The number of halogens is 1. The van der Waals surface area contributed by atoms with Crippen LogP contribution in [0.4, 0.5) is 0 Å². The van der Waals surface area contributed by atoms with Crippen molar-refractivity contribution >= 4 is 27.9 Å². The monoisotopic (exact) mass is 329 g/mol. The highest BCUT2D eigenvalue weighted by molar-refractivity contribution is 9.10. The minimum absolute atomic E-state index is 0.0274. The molecule has 0 aliphatic heterocycles. The highest BCUT2D eigenvalue weighted by atomic mass is 79.9. The van der Waals surface area contributed by atoms with Gasteiger partial charge in [-0.25, -0.2) is 0 Å². The summed E-state index contributed by atoms with van der Waals surface area (Å²) in [4.78, 5) is 11.9. The Morgan fingerprint density at radius 1 is 1.15 bits per heavy atom. The van der Waals surface area contributed by atoms with Crippen molar-refractivity contribution < 1.29 is 4.79 Å². The van der Waals surface area contributed by atoms with Gasteiger partial charge in [0.2, 0.25) is 5.91 Å². The van der Waals surface area contributed by atoms with Crippen molar-refractivity contribution in [1.29, 1.82) is 0 Å². The van der Waals surface area contributed by atoms with Gasteiger partial charge in [0.1, 0.15) is 0 Å². The first kappa shape index (κ1) is 14.5. The van der Waals surface area contributed by atoms with E-state index < -0.39 is 0 Å². The van der Waals surface area contributed by atoms with E-state index in [9.17, 15) is 4.79 Å². The third-order valence-electron chi connectivity index (χ3n) is 2.93. The quantitative estimate of drug-likeness (QED) is 0.830. The molecule has 20 heavy (non-hydrogen) atoms. The molecule has 0 unspecified atom stereocenters. The number of nitrogens with one attached hydrogen (secondary N) is 1. The van der Waals surface area contributed by atoms with Crippen molar-refractivity contribution in [2.45, 2.75) is 13.0 Å². The Morgan fingerprint density at radius 2 is 1.90 bits per heavy atom. The maximum absolute atomic E-state index is 11.9. The zero-order valence-corrected chi connectivity index (χ0v) is 12.8. The predicted octanol–water partition coefficient (Wildman–Crippen LogP) is 4.34. The lowest BCUT2D eigenvalue weighted by Gasteiger charge is -2.13. The van der Waals surface area contributed by atoms with E-state index in [1.807, 2.05) is 67.6 Å². The second kappa shape index (κ2) is 7.06. The number of hydrogen-bond acceptors (Lipinski definition) is 1. The van der Waals surface area contributed by atoms with Crippen LogP contribution in [0.2, 0.25) is 0 Å². The molecule has 0 aliphatic rings. The highest BCUT2D eigenvalue weighted by Gasteiger charge is 2.07. The van der Waals surface area contributed by atoms with Gasteiger partial charge in [-0.1, -0.05) is 58.4 Å². The Labute approximate surface area is 127 Å². The molecule has 2 nitrogen and oxygen atoms in total. The summed E-state index contributed by atoms with van der Waals surface area (Å²) in [5, 5.41) is 2.95. The molecule has 0 saturated heterocycles. The Bertz CT molecular complexity index is 607. The van der Waals surface area contributed by atoms with Gasteiger partial charge in [0.15, 0.2) is 0 Å². The fourth-order valence-corrected chi connectivity index (χ4v) is 2.27. The first-order valence-corrected chi connectivity index (χ1v) is 7.23. The molecule has 0 aliphatic carbocycles. The fraction of sp³-hybridized carbons (Fsp3) is 0.118. The number of carbonyl (C=O) groups is 1. The molecular formula is C17H16BrNO. The number of rotatable bonds is 4. The van der Waals surface area contributed by atoms with Gasteiger partial charge in [0.25, 0.3) is 0 Å². The molecule has 0 saturated carbocycles. The predicted molar refractivity (Wildman–Crippen MR) is 86.2 cm³/mol. The lowest BCUT2D eigenvalue weighted by molar-refractivity contribution is -0.117. The van der Waals surface area contributed by atoms with Crippen LogP contribution in [0, 0.1) is 0 Å². The Hall–Kier alpha value is -1.87. The fourth-order valence-electron chi connectivity index (χ4n) is 1.86. The van der Waals surface area contributed by atoms with Gasteiger partial charge in [-0.05, 0) is 36.3 Å². The largest absolute Gasteiger partial charge is 0.346 e. The van der Waals surface area contributed by atoms with Gasteiger partial charge in [0.05, 0.1) is 6.04 Å². The van der Waals surface area contributed by atoms with Gasteiger partial charge in [-0.2, -0.15) is 0 Å². The highest BCUT2D eigenvalue weighted by Crippen LogP contribution is 2.17. The smallest absolute Gasteiger partial charge is 0.244 e. The van der Waals surface area contributed by atoms with Gasteiger partial charge in [-0.3, -0.25) is 4.79 Å². The van der Waals surface area contributed by atoms with Gasteiger partial charge in [0, 0.05) is 10.5 Å². The zero-order valence-electron chi connectivity index (χ0n) is 11.2. The lowest BCUT2D eigenvalue weighted by atomic mass is 10.1. The first-order valence-electron chi connectivity index (χ1n) is 6.44. The zero-order chi connectivity index (χ0) is 14.4. The molecule has 1 N–H and O–H groups in total. The molecule has 0 bridgehead atoms. The van der Waals surface area contributed by atoms with Crippen LogP contribution >= 0.6 is 15.9 Å². The first-order chi connectivity index (χ1) is 9.65. The van der Waals surface area contributed by atoms with Crippen molar-refractivity contribution in [2.24, 2.45) is 0 Å². The molecule has 1 atom stereocenters. The second-order valence-corrected chi connectivity index (χ2v) is 5.44. The third-order valence-corrected chi connectivity index (χ3v) is 3.43. The van der Waals surface area contributed by atoms with Gasteiger partial charge < -0.3 is 5.32 Å². The van der Waals surface area contributed by atoms with Crippen LogP contribution < -0.4 is 5.32 Å². The summed E-state index contributed by atoms with van der Waals surface area (Å²) >= 11 is 3.43. The molecule has 2 aromatic carbocycles. The van der Waals surface area contributed by atoms with E-state index >= 15 is 0 Å². The van der Waals surface area contributed by atoms with E-state index in [0.717, 1.165) is 15.6 Å². The Morgan fingerprint density at radius 3 is 2.60 bits per heavy atom. The summed E-state index contributed by atoms with van der Waals surface area (Å²) in [6.07, 6.45) is 3.37. The van der Waals surface area contributed by atoms with E-state index in [4.69, 9.17) is 0 Å². The average Bonchev–Trinajstić information content (AvgIpc) is 2.46. The molecule has 102 valence electrons. The minimum atomic E-state index is -0.0960. The van der Waals surface area contributed by atoms with Crippen LogP contribution in [0.15, 0.2) is 65.1 Å². The molecule has 2 rings (SSSR count). The van der Waals surface area contributed by atoms with Crippen LogP contribution in [0.5, 0.6) is 0 Å². The number of carbonyl (C=O) groups excluding carboxylic acids is 1. The normalized spacial score (nSPS) is 12.3. The minimum Gasteiger partial charge on any atom is -0.346 e. The average molecular weight is 330 g/mol. The van der Waals surface area contributed by atoms with Crippen molar-refractivity contribution in [3.8, 4) is 0 Å². The molecule has 0 radical (unpaired) electrons. The summed E-state index contributed by atoms with van der Waals surface area (Å²) in [5.41, 5.74) is 2.08. The SMILES string of the molecule is C[C@H](NC(=O)/C=C/c1ccccc1)c1cccc(Br)c1. The van der Waals surface area contributed by atoms with E-state index in [0.29, 0.717) is 0 Å². The molecule has 3 heteroatoms. The summed E-state index contributed by atoms with van der Waals surface area (Å²) < 4.78 is 1.01. The number of hydrogen-bond donors (Lipinski definition) is 1. The van der Waals surface area contributed by atoms with Crippen molar-refractivity contribution in [1.82, 2.24) is 5.32 Å². The molecular weight excluding hydrogens is 314 g/mol. The van der Waals surface area contributed by atoms with Gasteiger partial charge >= 0.3 is 0 Å². The molecule has 0 spiro atoms. The third kappa shape index (κ3) is 4.35. The van der Waals surface area contributed by atoms with E-state index in [1.54, 1.807) is 6.08 Å². The van der Waals surface area contributed by atoms with Crippen LogP contribution in [-0.2, 0) is 4.79 Å². The standard InChI is InChI=1S/C17H16BrNO/c1-13(15-8-5-9-16(18)12-15)19-17(20)11-10-14-6-3-2-4-7-14/h2-13H,1H3,(H,19,20)/b11-10+/t13-/m0/s1. The molecule has 1 amide bonds. The Kier molecular flexibility index (Phi) is 5.13. The van der Waals surface area contributed by atoms with Crippen molar-refractivity contribution in [2.75, 3.05) is 0 Å². The van der Waals surface area contributed by atoms with E-state index in [2.05, 4.69) is 21.2 Å². The Balaban J connectivity index is 1.96. The number of benzene rings is 2. The number of amides is 1. The van der Waals surface area contributed by atoms with E-state index in [-0.39, 0.29) is 11.9 Å². The van der Waals surface area contributed by atoms with Gasteiger partial charge in [-0.15, -0.1) is 0 Å². The topological polar surface area (TPSA) is 29.1 Å². The van der Waals surface area contributed by atoms with Crippen LogP contribution in [0.3, 0.4) is 0 Å². The van der Waals surface area contributed by atoms with Crippen molar-refractivity contribution in [3.05, 3.63) is 76.3 Å². The van der Waals surface area contributed by atoms with Crippen LogP contribution in [0.1, 0.15) is 24.1 Å². The summed E-state index contributed by atoms with van der Waals surface area (Å²) in [6, 6.07) is 17.7. The van der Waals surface area contributed by atoms with Crippen molar-refractivity contribution in [3.63, 3.8) is 0 Å². The van der Waals surface area contributed by atoms with Crippen LogP contribution in [0.25, 0.3) is 6.08 Å². The maximum Gasteiger partial charge on any atom is 0.244 e. The molecule has 0 fully saturated rings. The second-order valence-electron chi connectivity index (χ2n) is 4.53. The molecule has 2 aromatic rings. The van der Waals surface area contributed by atoms with Crippen LogP contribution in [-0.4, -0.2) is 5.91 Å². The molecule has 0 heterocycles. The lowest BCUT2D eigenvalue weighted by Crippen LogP contribution is -2.24. The maximum atomic E-state index is 11.9.